The van der Waals surface area contributed by atoms with E-state index in [9.17, 15) is 0 Å². The number of nitrogen functional groups attached to an aromatic ring is 1. The number of nitrogens with two attached hydrogens (primary N) is 1. The summed E-state index contributed by atoms with van der Waals surface area (Å²) >= 11 is 0. The number of aromatic nitrogens is 1. The van der Waals surface area contributed by atoms with Crippen LogP contribution in [0, 0.1) is 18.4 Å². The first-order valence-corrected chi connectivity index (χ1v) is 5.72. The Morgan fingerprint density at radius 2 is 2.53 bits per heavy atom. The Balaban J connectivity index is 1.98. The number of hydrogen-bond acceptors (Lipinski definition) is 5. The Morgan fingerprint density at radius 1 is 1.71 bits per heavy atom. The van der Waals surface area contributed by atoms with E-state index >= 15 is 0 Å². The van der Waals surface area contributed by atoms with Crippen molar-refractivity contribution in [2.75, 3.05) is 18.9 Å². The zero-order chi connectivity index (χ0) is 12.3. The molecule has 1 aliphatic rings. The van der Waals surface area contributed by atoms with Gasteiger partial charge in [0.05, 0.1) is 6.04 Å². The zero-order valence-electron chi connectivity index (χ0n) is 9.89. The molecule has 0 bridgehead atoms. The molecule has 1 aromatic rings. The minimum Gasteiger partial charge on any atom is -0.491 e. The molecule has 90 valence electrons. The maximum absolute atomic E-state index is 8.92. The highest BCUT2D eigenvalue weighted by molar-refractivity contribution is 5.41. The summed E-state index contributed by atoms with van der Waals surface area (Å²) < 4.78 is 5.72. The Morgan fingerprint density at radius 3 is 3.29 bits per heavy atom. The lowest BCUT2D eigenvalue weighted by molar-refractivity contribution is 0.218. The predicted molar refractivity (Wildman–Crippen MR) is 64.2 cm³/mol. The Labute approximate surface area is 101 Å². The van der Waals surface area contributed by atoms with Crippen molar-refractivity contribution in [3.8, 4) is 11.9 Å². The molecule has 0 aliphatic carbocycles. The summed E-state index contributed by atoms with van der Waals surface area (Å²) in [6, 6.07) is 1.91. The van der Waals surface area contributed by atoms with Crippen molar-refractivity contribution in [1.29, 1.82) is 5.26 Å². The first kappa shape index (κ1) is 11.5. The first-order chi connectivity index (χ1) is 8.20. The molecule has 1 saturated heterocycles. The molecule has 2 rings (SSSR count). The van der Waals surface area contributed by atoms with Gasteiger partial charge in [-0.15, -0.1) is 0 Å². The van der Waals surface area contributed by atoms with E-state index in [1.165, 1.54) is 0 Å². The van der Waals surface area contributed by atoms with Crippen LogP contribution >= 0.6 is 0 Å². The molecular formula is C12H16N4O. The van der Waals surface area contributed by atoms with Crippen LogP contribution in [0.25, 0.3) is 0 Å². The van der Waals surface area contributed by atoms with E-state index in [0.717, 1.165) is 30.7 Å². The summed E-state index contributed by atoms with van der Waals surface area (Å²) in [5, 5.41) is 8.92. The molecule has 1 aliphatic heterocycles. The molecule has 0 spiro atoms. The fourth-order valence-electron chi connectivity index (χ4n) is 2.00. The predicted octanol–water partition coefficient (Wildman–Crippen LogP) is 1.30. The minimum atomic E-state index is 0.189. The molecule has 0 radical (unpaired) electrons. The van der Waals surface area contributed by atoms with Crippen LogP contribution in [0.2, 0.25) is 0 Å². The maximum atomic E-state index is 8.92. The average Bonchev–Trinajstić information content (AvgIpc) is 2.77. The third-order valence-electron chi connectivity index (χ3n) is 3.01. The second kappa shape index (κ2) is 4.91. The summed E-state index contributed by atoms with van der Waals surface area (Å²) in [4.78, 5) is 5.76. The quantitative estimate of drug-likeness (QED) is 0.795. The van der Waals surface area contributed by atoms with E-state index in [0.29, 0.717) is 12.4 Å². The molecule has 0 amide bonds. The molecule has 1 fully saturated rings. The number of pyridine rings is 1. The minimum absolute atomic E-state index is 0.189. The van der Waals surface area contributed by atoms with Crippen LogP contribution in [-0.4, -0.2) is 29.1 Å². The number of likely N-dealkylation sites (tertiary alicyclic amines) is 1. The molecule has 5 heteroatoms. The van der Waals surface area contributed by atoms with Gasteiger partial charge in [-0.2, -0.15) is 5.26 Å². The van der Waals surface area contributed by atoms with Crippen LogP contribution in [0.15, 0.2) is 12.3 Å². The number of aryl methyl sites for hydroxylation is 1. The van der Waals surface area contributed by atoms with Gasteiger partial charge in [0.1, 0.15) is 18.2 Å². The largest absolute Gasteiger partial charge is 0.491 e. The number of ether oxygens (including phenoxy) is 1. The van der Waals surface area contributed by atoms with Gasteiger partial charge in [0.15, 0.2) is 6.19 Å². The van der Waals surface area contributed by atoms with Crippen molar-refractivity contribution < 1.29 is 4.74 Å². The van der Waals surface area contributed by atoms with Crippen molar-refractivity contribution in [1.82, 2.24) is 9.88 Å². The summed E-state index contributed by atoms with van der Waals surface area (Å²) in [6.45, 7) is 3.29. The van der Waals surface area contributed by atoms with Crippen molar-refractivity contribution in [3.05, 3.63) is 17.8 Å². The van der Waals surface area contributed by atoms with Crippen LogP contribution in [0.5, 0.6) is 5.75 Å². The second-order valence-electron chi connectivity index (χ2n) is 4.28. The third-order valence-corrected chi connectivity index (χ3v) is 3.01. The summed E-state index contributed by atoms with van der Waals surface area (Å²) in [7, 11) is 0. The highest BCUT2D eigenvalue weighted by Gasteiger charge is 2.24. The van der Waals surface area contributed by atoms with E-state index in [4.69, 9.17) is 15.7 Å². The number of rotatable bonds is 3. The molecule has 0 saturated carbocycles. The van der Waals surface area contributed by atoms with Crippen LogP contribution in [0.1, 0.15) is 18.4 Å². The summed E-state index contributed by atoms with van der Waals surface area (Å²) in [5.41, 5.74) is 6.57. The first-order valence-electron chi connectivity index (χ1n) is 5.72. The SMILES string of the molecule is Cc1cnc(N)cc1OCC1CCCN1C#N. The van der Waals surface area contributed by atoms with E-state index in [2.05, 4.69) is 11.2 Å². The van der Waals surface area contributed by atoms with Crippen molar-refractivity contribution in [3.63, 3.8) is 0 Å². The van der Waals surface area contributed by atoms with Crippen LogP contribution in [0.3, 0.4) is 0 Å². The van der Waals surface area contributed by atoms with Gasteiger partial charge in [-0.05, 0) is 19.8 Å². The van der Waals surface area contributed by atoms with Crippen molar-refractivity contribution >= 4 is 5.82 Å². The molecule has 0 aromatic carbocycles. The maximum Gasteiger partial charge on any atom is 0.179 e. The van der Waals surface area contributed by atoms with E-state index < -0.39 is 0 Å². The molecular weight excluding hydrogens is 216 g/mol. The van der Waals surface area contributed by atoms with E-state index in [1.54, 1.807) is 17.2 Å². The monoisotopic (exact) mass is 232 g/mol. The average molecular weight is 232 g/mol. The van der Waals surface area contributed by atoms with Crippen LogP contribution in [0.4, 0.5) is 5.82 Å². The van der Waals surface area contributed by atoms with Gasteiger partial charge in [-0.1, -0.05) is 0 Å². The number of anilines is 1. The van der Waals surface area contributed by atoms with Crippen LogP contribution < -0.4 is 10.5 Å². The second-order valence-corrected chi connectivity index (χ2v) is 4.28. The Bertz CT molecular complexity index is 441. The third kappa shape index (κ3) is 2.59. The molecule has 17 heavy (non-hydrogen) atoms. The lowest BCUT2D eigenvalue weighted by Gasteiger charge is -2.19. The fraction of sp³-hybridized carbons (Fsp3) is 0.500. The standard InChI is InChI=1S/C12H16N4O/c1-9-6-15-12(14)5-11(9)17-7-10-3-2-4-16(10)8-13/h5-6,10H,2-4,7H2,1H3,(H2,14,15). The fourth-order valence-corrected chi connectivity index (χ4v) is 2.00. The molecule has 2 heterocycles. The van der Waals surface area contributed by atoms with Gasteiger partial charge in [0, 0.05) is 24.4 Å². The van der Waals surface area contributed by atoms with Crippen molar-refractivity contribution in [2.24, 2.45) is 0 Å². The van der Waals surface area contributed by atoms with Gasteiger partial charge in [0.2, 0.25) is 0 Å². The highest BCUT2D eigenvalue weighted by atomic mass is 16.5. The lowest BCUT2D eigenvalue weighted by atomic mass is 10.2. The van der Waals surface area contributed by atoms with Gasteiger partial charge in [0.25, 0.3) is 0 Å². The molecule has 5 nitrogen and oxygen atoms in total. The van der Waals surface area contributed by atoms with Gasteiger partial charge >= 0.3 is 0 Å². The Hall–Kier alpha value is -1.96. The Kier molecular flexibility index (Phi) is 3.33. The van der Waals surface area contributed by atoms with Gasteiger partial charge in [-0.3, -0.25) is 0 Å². The number of nitrogens with zero attached hydrogens (tertiary/aromatic N) is 3. The van der Waals surface area contributed by atoms with E-state index in [-0.39, 0.29) is 6.04 Å². The molecule has 1 unspecified atom stereocenters. The van der Waals surface area contributed by atoms with Crippen molar-refractivity contribution in [2.45, 2.75) is 25.8 Å². The molecule has 2 N–H and O–H groups in total. The topological polar surface area (TPSA) is 75.2 Å². The highest BCUT2D eigenvalue weighted by Crippen LogP contribution is 2.21. The summed E-state index contributed by atoms with van der Waals surface area (Å²) in [5.74, 6) is 1.21. The number of hydrogen-bond donors (Lipinski definition) is 1. The smallest absolute Gasteiger partial charge is 0.179 e. The van der Waals surface area contributed by atoms with Gasteiger partial charge < -0.3 is 15.4 Å². The van der Waals surface area contributed by atoms with E-state index in [1.807, 2.05) is 6.92 Å². The van der Waals surface area contributed by atoms with Gasteiger partial charge in [-0.25, -0.2) is 4.98 Å². The van der Waals surface area contributed by atoms with Crippen LogP contribution in [-0.2, 0) is 0 Å². The summed E-state index contributed by atoms with van der Waals surface area (Å²) in [6.07, 6.45) is 5.95. The lowest BCUT2D eigenvalue weighted by Crippen LogP contribution is -2.30. The normalized spacial score (nSPS) is 19.1. The molecule has 1 aromatic heterocycles. The molecule has 1 atom stereocenters. The zero-order valence-corrected chi connectivity index (χ0v) is 9.89. The number of nitriles is 1.